The van der Waals surface area contributed by atoms with Crippen molar-refractivity contribution in [2.75, 3.05) is 12.9 Å². The van der Waals surface area contributed by atoms with Gasteiger partial charge in [-0.15, -0.1) is 11.3 Å². The first-order chi connectivity index (χ1) is 12.2. The molecule has 130 valence electrons. The van der Waals surface area contributed by atoms with Crippen LogP contribution in [0.25, 0.3) is 10.9 Å². The highest BCUT2D eigenvalue weighted by Crippen LogP contribution is 2.27. The van der Waals surface area contributed by atoms with Crippen molar-refractivity contribution in [1.29, 1.82) is 0 Å². The Morgan fingerprint density at radius 2 is 2.20 bits per heavy atom. The number of methoxy groups -OCH3 is 1. The molecule has 1 N–H and O–H groups in total. The second-order valence-corrected chi connectivity index (χ2v) is 7.51. The van der Waals surface area contributed by atoms with Gasteiger partial charge in [-0.3, -0.25) is 4.79 Å². The molecule has 3 rings (SSSR count). The molecule has 0 aliphatic heterocycles. The van der Waals surface area contributed by atoms with Gasteiger partial charge in [0.1, 0.15) is 10.8 Å². The number of hydrogen-bond acceptors (Lipinski definition) is 5. The smallest absolute Gasteiger partial charge is 0.230 e. The molecule has 2 heterocycles. The first-order valence-corrected chi connectivity index (χ1v) is 9.95. The van der Waals surface area contributed by atoms with E-state index in [1.807, 2.05) is 35.7 Å². The molecule has 6 heteroatoms. The number of aromatic nitrogens is 1. The first kappa shape index (κ1) is 17.8. The number of thioether (sulfide) groups is 1. The zero-order chi connectivity index (χ0) is 17.6. The molecule has 1 aromatic carbocycles. The van der Waals surface area contributed by atoms with Crippen LogP contribution in [0.5, 0.6) is 5.75 Å². The van der Waals surface area contributed by atoms with Crippen molar-refractivity contribution >= 4 is 39.9 Å². The Hall–Kier alpha value is -2.05. The fourth-order valence-electron chi connectivity index (χ4n) is 2.46. The van der Waals surface area contributed by atoms with Gasteiger partial charge in [-0.2, -0.15) is 0 Å². The zero-order valence-corrected chi connectivity index (χ0v) is 15.9. The fourth-order valence-corrected chi connectivity index (χ4v) is 4.03. The molecule has 1 amide bonds. The van der Waals surface area contributed by atoms with Gasteiger partial charge in [-0.05, 0) is 41.6 Å². The van der Waals surface area contributed by atoms with Gasteiger partial charge in [0.2, 0.25) is 5.91 Å². The van der Waals surface area contributed by atoms with Crippen LogP contribution in [0.3, 0.4) is 0 Å². The summed E-state index contributed by atoms with van der Waals surface area (Å²) in [6, 6.07) is 12.0. The van der Waals surface area contributed by atoms with Crippen molar-refractivity contribution in [2.24, 2.45) is 0 Å². The summed E-state index contributed by atoms with van der Waals surface area (Å²) in [5.41, 5.74) is 2.05. The summed E-state index contributed by atoms with van der Waals surface area (Å²) in [6.07, 6.45) is 0.883. The Balaban J connectivity index is 1.69. The number of carbonyl (C=O) groups is 1. The highest BCUT2D eigenvalue weighted by atomic mass is 32.2. The quantitative estimate of drug-likeness (QED) is 0.629. The van der Waals surface area contributed by atoms with Crippen molar-refractivity contribution < 1.29 is 9.53 Å². The van der Waals surface area contributed by atoms with Crippen molar-refractivity contribution in [3.8, 4) is 5.75 Å². The molecule has 0 saturated carbocycles. The van der Waals surface area contributed by atoms with E-state index in [1.165, 1.54) is 11.8 Å². The molecule has 0 aliphatic rings. The van der Waals surface area contributed by atoms with Crippen LogP contribution >= 0.6 is 23.1 Å². The summed E-state index contributed by atoms with van der Waals surface area (Å²) < 4.78 is 5.27. The van der Waals surface area contributed by atoms with Crippen LogP contribution in [-0.2, 0) is 17.8 Å². The Kier molecular flexibility index (Phi) is 5.94. The van der Waals surface area contributed by atoms with Crippen LogP contribution in [0.4, 0.5) is 0 Å². The van der Waals surface area contributed by atoms with Crippen molar-refractivity contribution in [3.63, 3.8) is 0 Å². The van der Waals surface area contributed by atoms with Gasteiger partial charge in [-0.25, -0.2) is 4.98 Å². The van der Waals surface area contributed by atoms with E-state index in [2.05, 4.69) is 18.3 Å². The lowest BCUT2D eigenvalue weighted by Gasteiger charge is -2.10. The standard InChI is InChI=1S/C19H20N2O2S2/c1-3-13-9-14-6-7-15(23-2)10-17(14)21-19(13)25-12-18(22)20-11-16-5-4-8-24-16/h4-10H,3,11-12H2,1-2H3,(H,20,22). The van der Waals surface area contributed by atoms with E-state index in [-0.39, 0.29) is 5.91 Å². The highest BCUT2D eigenvalue weighted by Gasteiger charge is 2.10. The fraction of sp³-hybridized carbons (Fsp3) is 0.263. The largest absolute Gasteiger partial charge is 0.497 e. The average molecular weight is 373 g/mol. The van der Waals surface area contributed by atoms with Gasteiger partial charge in [0.05, 0.1) is 24.9 Å². The number of nitrogens with one attached hydrogen (secondary N) is 1. The number of rotatable bonds is 7. The van der Waals surface area contributed by atoms with Crippen molar-refractivity contribution in [3.05, 3.63) is 52.2 Å². The van der Waals surface area contributed by atoms with E-state index in [9.17, 15) is 4.79 Å². The minimum atomic E-state index is 0.0213. The molecule has 0 aliphatic carbocycles. The van der Waals surface area contributed by atoms with Crippen molar-refractivity contribution in [2.45, 2.75) is 24.9 Å². The minimum Gasteiger partial charge on any atom is -0.497 e. The van der Waals surface area contributed by atoms with E-state index in [0.717, 1.165) is 38.5 Å². The molecule has 0 radical (unpaired) electrons. The number of thiophene rings is 1. The van der Waals surface area contributed by atoms with Gasteiger partial charge < -0.3 is 10.1 Å². The molecule has 2 aromatic heterocycles. The number of amides is 1. The van der Waals surface area contributed by atoms with E-state index in [1.54, 1.807) is 18.4 Å². The third kappa shape index (κ3) is 4.52. The Morgan fingerprint density at radius 1 is 1.32 bits per heavy atom. The molecule has 0 bridgehead atoms. The van der Waals surface area contributed by atoms with Gasteiger partial charge in [0.25, 0.3) is 0 Å². The molecule has 0 atom stereocenters. The number of aryl methyl sites for hydroxylation is 1. The summed E-state index contributed by atoms with van der Waals surface area (Å²) in [5, 5.41) is 6.96. The number of benzene rings is 1. The van der Waals surface area contributed by atoms with Crippen molar-refractivity contribution in [1.82, 2.24) is 10.3 Å². The number of carbonyl (C=O) groups excluding carboxylic acids is 1. The van der Waals surface area contributed by atoms with Crippen LogP contribution < -0.4 is 10.1 Å². The Labute approximate surface area is 155 Å². The lowest BCUT2D eigenvalue weighted by Crippen LogP contribution is -2.24. The third-order valence-corrected chi connectivity index (χ3v) is 5.73. The predicted molar refractivity (Wildman–Crippen MR) is 105 cm³/mol. The number of ether oxygens (including phenoxy) is 1. The molecule has 25 heavy (non-hydrogen) atoms. The van der Waals surface area contributed by atoms with Gasteiger partial charge >= 0.3 is 0 Å². The van der Waals surface area contributed by atoms with E-state index >= 15 is 0 Å². The molecule has 0 unspecified atom stereocenters. The molecule has 4 nitrogen and oxygen atoms in total. The summed E-state index contributed by atoms with van der Waals surface area (Å²) in [7, 11) is 1.65. The minimum absolute atomic E-state index is 0.0213. The average Bonchev–Trinajstić information content (AvgIpc) is 3.16. The Morgan fingerprint density at radius 3 is 2.92 bits per heavy atom. The third-order valence-electron chi connectivity index (χ3n) is 3.82. The molecule has 0 spiro atoms. The van der Waals surface area contributed by atoms with E-state index < -0.39 is 0 Å². The molecular weight excluding hydrogens is 352 g/mol. The van der Waals surface area contributed by atoms with Gasteiger partial charge in [-0.1, -0.05) is 24.8 Å². The maximum Gasteiger partial charge on any atom is 0.230 e. The van der Waals surface area contributed by atoms with Crippen LogP contribution in [0.2, 0.25) is 0 Å². The van der Waals surface area contributed by atoms with Gasteiger partial charge in [0.15, 0.2) is 0 Å². The molecule has 0 fully saturated rings. The lowest BCUT2D eigenvalue weighted by atomic mass is 10.1. The van der Waals surface area contributed by atoms with E-state index in [4.69, 9.17) is 9.72 Å². The maximum atomic E-state index is 12.1. The first-order valence-electron chi connectivity index (χ1n) is 8.09. The summed E-state index contributed by atoms with van der Waals surface area (Å²) >= 11 is 3.13. The highest BCUT2D eigenvalue weighted by molar-refractivity contribution is 7.99. The van der Waals surface area contributed by atoms with E-state index in [0.29, 0.717) is 12.3 Å². The lowest BCUT2D eigenvalue weighted by molar-refractivity contribution is -0.118. The number of fused-ring (bicyclic) bond motifs is 1. The summed E-state index contributed by atoms with van der Waals surface area (Å²) in [6.45, 7) is 2.69. The maximum absolute atomic E-state index is 12.1. The monoisotopic (exact) mass is 372 g/mol. The predicted octanol–water partition coefficient (Wildman–Crippen LogP) is 4.28. The summed E-state index contributed by atoms with van der Waals surface area (Å²) in [4.78, 5) is 18.0. The van der Waals surface area contributed by atoms with Crippen LogP contribution in [0.15, 0.2) is 46.8 Å². The van der Waals surface area contributed by atoms with Crippen LogP contribution in [0, 0.1) is 0 Å². The number of hydrogen-bond donors (Lipinski definition) is 1. The van der Waals surface area contributed by atoms with Crippen LogP contribution in [-0.4, -0.2) is 23.8 Å². The normalized spacial score (nSPS) is 10.8. The molecular formula is C19H20N2O2S2. The second-order valence-electron chi connectivity index (χ2n) is 5.51. The summed E-state index contributed by atoms with van der Waals surface area (Å²) in [5.74, 6) is 1.17. The second kappa shape index (κ2) is 8.36. The van der Waals surface area contributed by atoms with Crippen LogP contribution in [0.1, 0.15) is 17.4 Å². The number of pyridine rings is 1. The SMILES string of the molecule is CCc1cc2ccc(OC)cc2nc1SCC(=O)NCc1cccs1. The van der Waals surface area contributed by atoms with Gasteiger partial charge in [0, 0.05) is 16.3 Å². The number of nitrogens with zero attached hydrogens (tertiary/aromatic N) is 1. The topological polar surface area (TPSA) is 51.2 Å². The molecule has 0 saturated heterocycles. The Bertz CT molecular complexity index is 863. The zero-order valence-electron chi connectivity index (χ0n) is 14.2. The molecule has 3 aromatic rings.